The molecule has 0 bridgehead atoms. The van der Waals surface area contributed by atoms with Gasteiger partial charge in [0.2, 0.25) is 0 Å². The number of rotatable bonds is 4. The molecule has 1 fully saturated rings. The van der Waals surface area contributed by atoms with E-state index in [1.165, 1.54) is 0 Å². The summed E-state index contributed by atoms with van der Waals surface area (Å²) < 4.78 is 5.37. The Morgan fingerprint density at radius 3 is 3.00 bits per heavy atom. The number of methoxy groups -OCH3 is 1. The molecule has 0 aliphatic carbocycles. The van der Waals surface area contributed by atoms with Crippen LogP contribution >= 0.6 is 0 Å². The van der Waals surface area contributed by atoms with Crippen LogP contribution in [-0.4, -0.2) is 44.7 Å². The second-order valence-electron chi connectivity index (χ2n) is 4.92. The predicted molar refractivity (Wildman–Crippen MR) is 73.8 cm³/mol. The average molecular weight is 249 g/mol. The third kappa shape index (κ3) is 3.02. The van der Waals surface area contributed by atoms with Crippen LogP contribution in [0, 0.1) is 0 Å². The van der Waals surface area contributed by atoms with E-state index in [1.807, 2.05) is 18.2 Å². The molecule has 0 amide bonds. The summed E-state index contributed by atoms with van der Waals surface area (Å²) in [6.45, 7) is 3.17. The van der Waals surface area contributed by atoms with Crippen molar-refractivity contribution in [3.63, 3.8) is 0 Å². The molecule has 1 aromatic rings. The monoisotopic (exact) mass is 249 g/mol. The van der Waals surface area contributed by atoms with Crippen molar-refractivity contribution in [3.05, 3.63) is 29.8 Å². The van der Waals surface area contributed by atoms with E-state index in [0.29, 0.717) is 6.04 Å². The van der Waals surface area contributed by atoms with E-state index < -0.39 is 0 Å². The van der Waals surface area contributed by atoms with Gasteiger partial charge in [0.1, 0.15) is 5.75 Å². The molecule has 0 radical (unpaired) electrons. The van der Waals surface area contributed by atoms with Crippen LogP contribution in [0.5, 0.6) is 5.75 Å². The Labute approximate surface area is 109 Å². The molecular formula is C14H23N3O. The van der Waals surface area contributed by atoms with Crippen molar-refractivity contribution < 1.29 is 4.74 Å². The van der Waals surface area contributed by atoms with Crippen molar-refractivity contribution in [2.24, 2.45) is 5.73 Å². The zero-order valence-corrected chi connectivity index (χ0v) is 11.2. The van der Waals surface area contributed by atoms with E-state index in [4.69, 9.17) is 10.5 Å². The summed E-state index contributed by atoms with van der Waals surface area (Å²) in [5.74, 6) is 0.886. The zero-order valence-electron chi connectivity index (χ0n) is 11.2. The minimum Gasteiger partial charge on any atom is -0.496 e. The summed E-state index contributed by atoms with van der Waals surface area (Å²) in [6.07, 6.45) is 0.948. The number of likely N-dealkylation sites (N-methyl/N-ethyl adjacent to an activating group) is 1. The summed E-state index contributed by atoms with van der Waals surface area (Å²) in [6, 6.07) is 8.54. The molecule has 0 saturated carbocycles. The Morgan fingerprint density at radius 1 is 1.50 bits per heavy atom. The van der Waals surface area contributed by atoms with Gasteiger partial charge in [-0.05, 0) is 19.5 Å². The molecule has 1 aliphatic rings. The Bertz CT molecular complexity index is 383. The number of nitrogens with zero attached hydrogens (tertiary/aromatic N) is 1. The molecule has 18 heavy (non-hydrogen) atoms. The molecule has 1 heterocycles. The SMILES string of the molecule is COc1ccccc1C(N)CC1CNCCN1C. The van der Waals surface area contributed by atoms with E-state index in [9.17, 15) is 0 Å². The Morgan fingerprint density at radius 2 is 2.28 bits per heavy atom. The normalized spacial score (nSPS) is 22.7. The lowest BCUT2D eigenvalue weighted by Gasteiger charge is -2.34. The van der Waals surface area contributed by atoms with Crippen LogP contribution in [-0.2, 0) is 0 Å². The molecule has 0 spiro atoms. The van der Waals surface area contributed by atoms with Crippen LogP contribution < -0.4 is 15.8 Å². The van der Waals surface area contributed by atoms with Crippen LogP contribution in [0.2, 0.25) is 0 Å². The average Bonchev–Trinajstić information content (AvgIpc) is 2.41. The van der Waals surface area contributed by atoms with Gasteiger partial charge < -0.3 is 20.7 Å². The highest BCUT2D eigenvalue weighted by molar-refractivity contribution is 5.35. The maximum Gasteiger partial charge on any atom is 0.123 e. The molecule has 100 valence electrons. The minimum absolute atomic E-state index is 0.0218. The van der Waals surface area contributed by atoms with Crippen LogP contribution in [0.15, 0.2) is 24.3 Å². The summed E-state index contributed by atoms with van der Waals surface area (Å²) in [5, 5.41) is 3.42. The topological polar surface area (TPSA) is 50.5 Å². The van der Waals surface area contributed by atoms with Crippen LogP contribution in [0.25, 0.3) is 0 Å². The first-order valence-electron chi connectivity index (χ1n) is 6.52. The maximum atomic E-state index is 6.33. The van der Waals surface area contributed by atoms with E-state index in [1.54, 1.807) is 7.11 Å². The summed E-state index contributed by atoms with van der Waals surface area (Å²) in [4.78, 5) is 2.38. The van der Waals surface area contributed by atoms with Gasteiger partial charge in [0, 0.05) is 37.3 Å². The molecule has 1 aliphatic heterocycles. The summed E-state index contributed by atoms with van der Waals surface area (Å²) in [5.41, 5.74) is 7.43. The van der Waals surface area contributed by atoms with Gasteiger partial charge in [0.05, 0.1) is 7.11 Å². The van der Waals surface area contributed by atoms with Crippen molar-refractivity contribution in [1.82, 2.24) is 10.2 Å². The van der Waals surface area contributed by atoms with E-state index in [0.717, 1.165) is 37.4 Å². The van der Waals surface area contributed by atoms with Gasteiger partial charge in [-0.2, -0.15) is 0 Å². The van der Waals surface area contributed by atoms with Gasteiger partial charge in [-0.15, -0.1) is 0 Å². The number of benzene rings is 1. The molecular weight excluding hydrogens is 226 g/mol. The van der Waals surface area contributed by atoms with Gasteiger partial charge in [0.25, 0.3) is 0 Å². The van der Waals surface area contributed by atoms with Crippen molar-refractivity contribution in [2.45, 2.75) is 18.5 Å². The van der Waals surface area contributed by atoms with Crippen molar-refractivity contribution in [2.75, 3.05) is 33.8 Å². The largest absolute Gasteiger partial charge is 0.496 e. The number of ether oxygens (including phenoxy) is 1. The van der Waals surface area contributed by atoms with E-state index >= 15 is 0 Å². The summed E-state index contributed by atoms with van der Waals surface area (Å²) in [7, 11) is 3.86. The smallest absolute Gasteiger partial charge is 0.123 e. The molecule has 2 unspecified atom stereocenters. The van der Waals surface area contributed by atoms with Crippen LogP contribution in [0.3, 0.4) is 0 Å². The highest BCUT2D eigenvalue weighted by atomic mass is 16.5. The fraction of sp³-hybridized carbons (Fsp3) is 0.571. The molecule has 3 N–H and O–H groups in total. The second-order valence-corrected chi connectivity index (χ2v) is 4.92. The van der Waals surface area contributed by atoms with Gasteiger partial charge in [-0.3, -0.25) is 0 Å². The molecule has 4 heteroatoms. The van der Waals surface area contributed by atoms with Crippen LogP contribution in [0.1, 0.15) is 18.0 Å². The second kappa shape index (κ2) is 6.18. The summed E-state index contributed by atoms with van der Waals surface area (Å²) >= 11 is 0. The number of nitrogens with two attached hydrogens (primary N) is 1. The Hall–Kier alpha value is -1.10. The van der Waals surface area contributed by atoms with Crippen LogP contribution in [0.4, 0.5) is 0 Å². The third-order valence-electron chi connectivity index (χ3n) is 3.71. The number of hydrogen-bond acceptors (Lipinski definition) is 4. The van der Waals surface area contributed by atoms with Crippen molar-refractivity contribution in [3.8, 4) is 5.75 Å². The Balaban J connectivity index is 2.04. The molecule has 0 aromatic heterocycles. The van der Waals surface area contributed by atoms with Gasteiger partial charge >= 0.3 is 0 Å². The molecule has 2 rings (SSSR count). The number of nitrogens with one attached hydrogen (secondary N) is 1. The first-order valence-corrected chi connectivity index (χ1v) is 6.52. The lowest BCUT2D eigenvalue weighted by atomic mass is 9.97. The molecule has 2 atom stereocenters. The molecule has 4 nitrogen and oxygen atoms in total. The maximum absolute atomic E-state index is 6.33. The minimum atomic E-state index is 0.0218. The lowest BCUT2D eigenvalue weighted by molar-refractivity contribution is 0.182. The van der Waals surface area contributed by atoms with Gasteiger partial charge in [0.15, 0.2) is 0 Å². The standard InChI is InChI=1S/C14H23N3O/c1-17-8-7-16-10-11(17)9-13(15)12-5-3-4-6-14(12)18-2/h3-6,11,13,16H,7-10,15H2,1-2H3. The fourth-order valence-corrected chi connectivity index (χ4v) is 2.52. The molecule has 1 saturated heterocycles. The first kappa shape index (κ1) is 13.3. The van der Waals surface area contributed by atoms with Gasteiger partial charge in [-0.25, -0.2) is 0 Å². The predicted octanol–water partition coefficient (Wildman–Crippen LogP) is 0.989. The third-order valence-corrected chi connectivity index (χ3v) is 3.71. The first-order chi connectivity index (χ1) is 8.72. The highest BCUT2D eigenvalue weighted by Crippen LogP contribution is 2.27. The number of para-hydroxylation sites is 1. The number of piperazine rings is 1. The number of hydrogen-bond donors (Lipinski definition) is 2. The van der Waals surface area contributed by atoms with Crippen molar-refractivity contribution in [1.29, 1.82) is 0 Å². The fourth-order valence-electron chi connectivity index (χ4n) is 2.52. The molecule has 1 aromatic carbocycles. The Kier molecular flexibility index (Phi) is 4.58. The van der Waals surface area contributed by atoms with Gasteiger partial charge in [-0.1, -0.05) is 18.2 Å². The zero-order chi connectivity index (χ0) is 13.0. The van der Waals surface area contributed by atoms with E-state index in [-0.39, 0.29) is 6.04 Å². The lowest BCUT2D eigenvalue weighted by Crippen LogP contribution is -2.50. The van der Waals surface area contributed by atoms with E-state index in [2.05, 4.69) is 23.3 Å². The van der Waals surface area contributed by atoms with Crippen molar-refractivity contribution >= 4 is 0 Å². The quantitative estimate of drug-likeness (QED) is 0.835. The highest BCUT2D eigenvalue weighted by Gasteiger charge is 2.22.